The zero-order chi connectivity index (χ0) is 24.1. The number of phenols is 1. The van der Waals surface area contributed by atoms with E-state index >= 15 is 0 Å². The lowest BCUT2D eigenvalue weighted by atomic mass is 10.1. The van der Waals surface area contributed by atoms with Gasteiger partial charge in [-0.15, -0.1) is 0 Å². The molecular weight excluding hydrogens is 454 g/mol. The minimum absolute atomic E-state index is 0.00179. The average Bonchev–Trinajstić information content (AvgIpc) is 3.08. The van der Waals surface area contributed by atoms with Crippen LogP contribution in [0.15, 0.2) is 72.8 Å². The predicted octanol–water partition coefficient (Wildman–Crippen LogP) is 2.87. The van der Waals surface area contributed by atoms with E-state index in [1.54, 1.807) is 12.1 Å². The standard InChI is InChI=1S/C25H27N3O5S/c1-18(13-19-7-3-2-4-8-19)33-24-10-6-5-9-21(24)16-26-15-20-11-12-23(29)22(14-20)28-17-25(30)27-34(28,31)32/h2-12,14,18,26,29H,13,15-17H2,1H3,(H,27,30). The first-order chi connectivity index (χ1) is 16.3. The predicted molar refractivity (Wildman–Crippen MR) is 130 cm³/mol. The van der Waals surface area contributed by atoms with Gasteiger partial charge in [0.15, 0.2) is 0 Å². The molecule has 0 saturated carbocycles. The molecule has 1 unspecified atom stereocenters. The fraction of sp³-hybridized carbons (Fsp3) is 0.240. The topological polar surface area (TPSA) is 108 Å². The maximum absolute atomic E-state index is 12.1. The Hall–Kier alpha value is -3.56. The van der Waals surface area contributed by atoms with Crippen molar-refractivity contribution in [3.8, 4) is 11.5 Å². The second-order valence-electron chi connectivity index (χ2n) is 8.19. The summed E-state index contributed by atoms with van der Waals surface area (Å²) in [4.78, 5) is 11.5. The van der Waals surface area contributed by atoms with E-state index in [9.17, 15) is 18.3 Å². The van der Waals surface area contributed by atoms with E-state index in [2.05, 4.69) is 17.4 Å². The second kappa shape index (κ2) is 10.1. The maximum Gasteiger partial charge on any atom is 0.326 e. The summed E-state index contributed by atoms with van der Waals surface area (Å²) >= 11 is 0. The molecule has 1 saturated heterocycles. The lowest BCUT2D eigenvalue weighted by Crippen LogP contribution is -2.29. The molecule has 1 atom stereocenters. The van der Waals surface area contributed by atoms with Crippen molar-refractivity contribution >= 4 is 21.8 Å². The number of nitrogens with zero attached hydrogens (tertiary/aromatic N) is 1. The van der Waals surface area contributed by atoms with Gasteiger partial charge in [0.05, 0.1) is 11.8 Å². The molecule has 3 aromatic rings. The summed E-state index contributed by atoms with van der Waals surface area (Å²) in [7, 11) is -4.00. The number of carbonyl (C=O) groups excluding carboxylic acids is 1. The molecule has 1 heterocycles. The summed E-state index contributed by atoms with van der Waals surface area (Å²) in [5.74, 6) is -0.0476. The Balaban J connectivity index is 1.39. The molecule has 9 heteroatoms. The molecule has 1 fully saturated rings. The van der Waals surface area contributed by atoms with Crippen molar-refractivity contribution in [1.82, 2.24) is 10.0 Å². The summed E-state index contributed by atoms with van der Waals surface area (Å²) in [6, 6.07) is 22.7. The number of para-hydroxylation sites is 1. The highest BCUT2D eigenvalue weighted by Crippen LogP contribution is 2.31. The summed E-state index contributed by atoms with van der Waals surface area (Å²) in [5, 5.41) is 13.5. The van der Waals surface area contributed by atoms with Crippen LogP contribution >= 0.6 is 0 Å². The number of benzene rings is 3. The van der Waals surface area contributed by atoms with Crippen LogP contribution < -0.4 is 19.1 Å². The number of hydrogen-bond acceptors (Lipinski definition) is 6. The zero-order valence-corrected chi connectivity index (χ0v) is 19.6. The highest BCUT2D eigenvalue weighted by Gasteiger charge is 2.35. The largest absolute Gasteiger partial charge is 0.506 e. The lowest BCUT2D eigenvalue weighted by molar-refractivity contribution is -0.117. The Kier molecular flexibility index (Phi) is 7.04. The summed E-state index contributed by atoms with van der Waals surface area (Å²) in [6.45, 7) is 2.64. The molecule has 1 amide bonds. The fourth-order valence-corrected chi connectivity index (χ4v) is 5.01. The third kappa shape index (κ3) is 5.67. The van der Waals surface area contributed by atoms with Gasteiger partial charge in [0.2, 0.25) is 0 Å². The van der Waals surface area contributed by atoms with Gasteiger partial charge in [-0.1, -0.05) is 54.6 Å². The van der Waals surface area contributed by atoms with E-state index in [0.29, 0.717) is 13.1 Å². The fourth-order valence-electron chi connectivity index (χ4n) is 3.85. The Morgan fingerprint density at radius 3 is 2.50 bits per heavy atom. The second-order valence-corrected chi connectivity index (χ2v) is 9.78. The van der Waals surface area contributed by atoms with E-state index in [1.807, 2.05) is 54.1 Å². The van der Waals surface area contributed by atoms with Gasteiger partial charge in [-0.2, -0.15) is 8.42 Å². The molecule has 0 radical (unpaired) electrons. The van der Waals surface area contributed by atoms with Gasteiger partial charge in [0.1, 0.15) is 18.0 Å². The molecule has 0 bridgehead atoms. The number of anilines is 1. The van der Waals surface area contributed by atoms with Crippen LogP contribution in [-0.4, -0.2) is 32.1 Å². The summed E-state index contributed by atoms with van der Waals surface area (Å²) in [5.41, 5.74) is 3.04. The number of amides is 1. The number of hydrogen-bond donors (Lipinski definition) is 3. The summed E-state index contributed by atoms with van der Waals surface area (Å²) in [6.07, 6.45) is 0.803. The first-order valence-corrected chi connectivity index (χ1v) is 12.4. The number of nitrogens with one attached hydrogen (secondary N) is 2. The van der Waals surface area contributed by atoms with Gasteiger partial charge in [-0.25, -0.2) is 9.03 Å². The van der Waals surface area contributed by atoms with Crippen molar-refractivity contribution in [3.63, 3.8) is 0 Å². The molecule has 178 valence electrons. The number of rotatable bonds is 9. The zero-order valence-electron chi connectivity index (χ0n) is 18.8. The van der Waals surface area contributed by atoms with E-state index in [4.69, 9.17) is 4.74 Å². The van der Waals surface area contributed by atoms with E-state index in [-0.39, 0.29) is 24.1 Å². The number of carbonyl (C=O) groups is 1. The number of aromatic hydroxyl groups is 1. The minimum atomic E-state index is -4.00. The lowest BCUT2D eigenvalue weighted by Gasteiger charge is -2.19. The smallest absolute Gasteiger partial charge is 0.326 e. The Morgan fingerprint density at radius 2 is 1.76 bits per heavy atom. The van der Waals surface area contributed by atoms with Gasteiger partial charge >= 0.3 is 10.2 Å². The van der Waals surface area contributed by atoms with Crippen molar-refractivity contribution in [2.45, 2.75) is 32.5 Å². The molecule has 1 aliphatic rings. The van der Waals surface area contributed by atoms with Crippen molar-refractivity contribution < 1.29 is 23.1 Å². The molecule has 3 N–H and O–H groups in total. The monoisotopic (exact) mass is 481 g/mol. The van der Waals surface area contributed by atoms with Crippen LogP contribution in [0, 0.1) is 0 Å². The molecule has 0 spiro atoms. The van der Waals surface area contributed by atoms with Crippen LogP contribution in [0.25, 0.3) is 0 Å². The first kappa shape index (κ1) is 23.6. The van der Waals surface area contributed by atoms with Gasteiger partial charge in [-0.3, -0.25) is 4.79 Å². The van der Waals surface area contributed by atoms with Crippen molar-refractivity contribution in [2.24, 2.45) is 0 Å². The molecule has 1 aliphatic heterocycles. The molecular formula is C25H27N3O5S. The normalized spacial score (nSPS) is 15.7. The van der Waals surface area contributed by atoms with Crippen LogP contribution in [-0.2, 0) is 34.5 Å². The highest BCUT2D eigenvalue weighted by molar-refractivity contribution is 7.92. The Morgan fingerprint density at radius 1 is 1.03 bits per heavy atom. The van der Waals surface area contributed by atoms with E-state index in [0.717, 1.165) is 27.6 Å². The van der Waals surface area contributed by atoms with Gasteiger partial charge in [-0.05, 0) is 36.2 Å². The first-order valence-electron chi connectivity index (χ1n) is 11.0. The third-order valence-corrected chi connectivity index (χ3v) is 6.83. The van der Waals surface area contributed by atoms with Crippen LogP contribution in [0.5, 0.6) is 11.5 Å². The molecule has 3 aromatic carbocycles. The molecule has 8 nitrogen and oxygen atoms in total. The van der Waals surface area contributed by atoms with Crippen molar-refractivity contribution in [2.75, 3.05) is 10.8 Å². The van der Waals surface area contributed by atoms with Gasteiger partial charge < -0.3 is 15.2 Å². The Labute approximate surface area is 199 Å². The molecule has 0 aromatic heterocycles. The van der Waals surface area contributed by atoms with Crippen LogP contribution in [0.2, 0.25) is 0 Å². The molecule has 0 aliphatic carbocycles. The SMILES string of the molecule is CC(Cc1ccccc1)Oc1ccccc1CNCc1ccc(O)c(N2CC(=O)NS2(=O)=O)c1. The van der Waals surface area contributed by atoms with Crippen LogP contribution in [0.1, 0.15) is 23.6 Å². The number of phenolic OH excluding ortho intramolecular Hbond substituents is 1. The minimum Gasteiger partial charge on any atom is -0.506 e. The van der Waals surface area contributed by atoms with Crippen molar-refractivity contribution in [1.29, 1.82) is 0 Å². The number of ether oxygens (including phenoxy) is 1. The average molecular weight is 482 g/mol. The van der Waals surface area contributed by atoms with Gasteiger partial charge in [0, 0.05) is 25.1 Å². The molecule has 4 rings (SSSR count). The third-order valence-electron chi connectivity index (χ3n) is 5.44. The van der Waals surface area contributed by atoms with E-state index in [1.165, 1.54) is 11.6 Å². The quantitative estimate of drug-likeness (QED) is 0.434. The van der Waals surface area contributed by atoms with Crippen LogP contribution in [0.4, 0.5) is 5.69 Å². The summed E-state index contributed by atoms with van der Waals surface area (Å²) < 4.78 is 33.2. The highest BCUT2D eigenvalue weighted by atomic mass is 32.2. The van der Waals surface area contributed by atoms with Crippen molar-refractivity contribution in [3.05, 3.63) is 89.5 Å². The van der Waals surface area contributed by atoms with E-state index < -0.39 is 16.1 Å². The Bertz CT molecular complexity index is 1260. The van der Waals surface area contributed by atoms with Gasteiger partial charge in [0.25, 0.3) is 5.91 Å². The van der Waals surface area contributed by atoms with Crippen LogP contribution in [0.3, 0.4) is 0 Å². The molecule has 34 heavy (non-hydrogen) atoms. The maximum atomic E-state index is 12.1.